The molecule has 0 bridgehead atoms. The summed E-state index contributed by atoms with van der Waals surface area (Å²) in [7, 11) is 0. The molecular weight excluding hydrogens is 386 g/mol. The van der Waals surface area contributed by atoms with Gasteiger partial charge in [-0.2, -0.15) is 0 Å². The molecule has 0 saturated heterocycles. The van der Waals surface area contributed by atoms with E-state index in [1.165, 1.54) is 19.9 Å². The number of para-hydroxylation sites is 1. The first-order valence-corrected chi connectivity index (χ1v) is 9.65. The lowest BCUT2D eigenvalue weighted by Crippen LogP contribution is -2.30. The van der Waals surface area contributed by atoms with Crippen LogP contribution in [0, 0.1) is 5.92 Å². The number of hydrogen-bond acceptors (Lipinski definition) is 6. The van der Waals surface area contributed by atoms with Crippen LogP contribution < -0.4 is 14.8 Å². The Morgan fingerprint density at radius 2 is 1.80 bits per heavy atom. The average molecular weight is 407 g/mol. The zero-order chi connectivity index (χ0) is 21.4. The minimum absolute atomic E-state index is 0.0453. The van der Waals surface area contributed by atoms with Crippen molar-refractivity contribution in [2.75, 3.05) is 5.32 Å². The molecule has 0 radical (unpaired) electrons. The predicted octanol–water partition coefficient (Wildman–Crippen LogP) is 4.06. The molecule has 1 heterocycles. The van der Waals surface area contributed by atoms with Crippen molar-refractivity contribution >= 4 is 23.6 Å². The van der Waals surface area contributed by atoms with Gasteiger partial charge in [-0.05, 0) is 36.1 Å². The fourth-order valence-electron chi connectivity index (χ4n) is 4.35. The summed E-state index contributed by atoms with van der Waals surface area (Å²) in [5.41, 5.74) is 2.41. The zero-order valence-electron chi connectivity index (χ0n) is 16.5. The smallest absolute Gasteiger partial charge is 0.337 e. The first-order chi connectivity index (χ1) is 14.3. The highest BCUT2D eigenvalue weighted by atomic mass is 16.5. The lowest BCUT2D eigenvalue weighted by Gasteiger charge is -2.38. The van der Waals surface area contributed by atoms with Crippen LogP contribution in [0.1, 0.15) is 53.7 Å². The van der Waals surface area contributed by atoms with Crippen molar-refractivity contribution in [3.8, 4) is 11.5 Å². The molecule has 7 nitrogen and oxygen atoms in total. The molecular formula is C23H21NO6. The molecule has 0 aromatic heterocycles. The van der Waals surface area contributed by atoms with Gasteiger partial charge >= 0.3 is 17.9 Å². The number of carbonyl (C=O) groups excluding carboxylic acids is 2. The summed E-state index contributed by atoms with van der Waals surface area (Å²) in [5, 5.41) is 13.0. The van der Waals surface area contributed by atoms with Gasteiger partial charge in [-0.15, -0.1) is 0 Å². The van der Waals surface area contributed by atoms with Crippen LogP contribution in [-0.4, -0.2) is 23.0 Å². The van der Waals surface area contributed by atoms with Gasteiger partial charge in [-0.25, -0.2) is 4.79 Å². The minimum atomic E-state index is -1.01. The van der Waals surface area contributed by atoms with Crippen molar-refractivity contribution in [1.29, 1.82) is 0 Å². The maximum atomic E-state index is 11.8. The molecule has 0 saturated carbocycles. The number of esters is 2. The molecule has 0 spiro atoms. The predicted molar refractivity (Wildman–Crippen MR) is 109 cm³/mol. The SMILES string of the molecule is CC(=O)Oc1ccc([C@@H]2Nc3c(C(=O)O)cccc3[C@@H]3C=CC[C@@H]32)c(OC(C)=O)c1. The Bertz CT molecular complexity index is 1070. The van der Waals surface area contributed by atoms with E-state index in [9.17, 15) is 19.5 Å². The maximum Gasteiger partial charge on any atom is 0.337 e. The minimum Gasteiger partial charge on any atom is -0.478 e. The Morgan fingerprint density at radius 3 is 2.50 bits per heavy atom. The Labute approximate surface area is 173 Å². The topological polar surface area (TPSA) is 102 Å². The fraction of sp³-hybridized carbons (Fsp3) is 0.261. The Balaban J connectivity index is 1.81. The lowest BCUT2D eigenvalue weighted by molar-refractivity contribution is -0.132. The third kappa shape index (κ3) is 3.54. The number of aromatic carboxylic acids is 1. The van der Waals surface area contributed by atoms with E-state index in [1.807, 2.05) is 6.07 Å². The zero-order valence-corrected chi connectivity index (χ0v) is 16.5. The quantitative estimate of drug-likeness (QED) is 0.448. The normalized spacial score (nSPS) is 21.2. The largest absolute Gasteiger partial charge is 0.478 e. The van der Waals surface area contributed by atoms with Gasteiger partial charge in [0.1, 0.15) is 11.5 Å². The van der Waals surface area contributed by atoms with E-state index in [0.717, 1.165) is 12.0 Å². The molecule has 2 aliphatic rings. The first kappa shape index (κ1) is 19.7. The van der Waals surface area contributed by atoms with Gasteiger partial charge in [0.25, 0.3) is 0 Å². The summed E-state index contributed by atoms with van der Waals surface area (Å²) in [6, 6.07) is 9.87. The number of carbonyl (C=O) groups is 3. The number of hydrogen-bond donors (Lipinski definition) is 2. The number of allylic oxidation sites excluding steroid dienone is 2. The van der Waals surface area contributed by atoms with E-state index >= 15 is 0 Å². The summed E-state index contributed by atoms with van der Waals surface area (Å²) in [6.07, 6.45) is 4.98. The number of carboxylic acid groups (broad SMARTS) is 1. The second kappa shape index (κ2) is 7.67. The second-order valence-electron chi connectivity index (χ2n) is 7.44. The lowest BCUT2D eigenvalue weighted by atomic mass is 9.76. The number of nitrogens with one attached hydrogen (secondary N) is 1. The van der Waals surface area contributed by atoms with E-state index < -0.39 is 17.9 Å². The molecule has 0 fully saturated rings. The number of benzene rings is 2. The first-order valence-electron chi connectivity index (χ1n) is 9.65. The second-order valence-corrected chi connectivity index (χ2v) is 7.44. The highest BCUT2D eigenvalue weighted by Gasteiger charge is 2.40. The van der Waals surface area contributed by atoms with Crippen molar-refractivity contribution in [2.24, 2.45) is 5.92 Å². The van der Waals surface area contributed by atoms with Crippen LogP contribution in [0.25, 0.3) is 0 Å². The molecule has 4 rings (SSSR count). The van der Waals surface area contributed by atoms with E-state index in [1.54, 1.807) is 24.3 Å². The number of rotatable bonds is 4. The molecule has 154 valence electrons. The van der Waals surface area contributed by atoms with E-state index in [0.29, 0.717) is 11.3 Å². The van der Waals surface area contributed by atoms with Gasteiger partial charge < -0.3 is 19.9 Å². The van der Waals surface area contributed by atoms with Crippen LogP contribution in [-0.2, 0) is 9.59 Å². The van der Waals surface area contributed by atoms with Crippen molar-refractivity contribution in [2.45, 2.75) is 32.2 Å². The molecule has 3 atom stereocenters. The molecule has 0 amide bonds. The van der Waals surface area contributed by atoms with Gasteiger partial charge in [-0.1, -0.05) is 24.3 Å². The van der Waals surface area contributed by atoms with Crippen LogP contribution in [0.3, 0.4) is 0 Å². The van der Waals surface area contributed by atoms with Crippen LogP contribution in [0.2, 0.25) is 0 Å². The van der Waals surface area contributed by atoms with Crippen LogP contribution in [0.15, 0.2) is 48.6 Å². The van der Waals surface area contributed by atoms with Gasteiger partial charge in [0.15, 0.2) is 0 Å². The Kier molecular flexibility index (Phi) is 5.03. The highest BCUT2D eigenvalue weighted by molar-refractivity contribution is 5.95. The number of anilines is 1. The molecule has 2 aromatic rings. The van der Waals surface area contributed by atoms with E-state index in [2.05, 4.69) is 17.5 Å². The van der Waals surface area contributed by atoms with Crippen molar-refractivity contribution in [1.82, 2.24) is 0 Å². The molecule has 7 heteroatoms. The third-order valence-electron chi connectivity index (χ3n) is 5.46. The van der Waals surface area contributed by atoms with Crippen LogP contribution >= 0.6 is 0 Å². The summed E-state index contributed by atoms with van der Waals surface area (Å²) in [6.45, 7) is 2.59. The number of fused-ring (bicyclic) bond motifs is 3. The summed E-state index contributed by atoms with van der Waals surface area (Å²) >= 11 is 0. The molecule has 2 N–H and O–H groups in total. The monoisotopic (exact) mass is 407 g/mol. The fourth-order valence-corrected chi connectivity index (χ4v) is 4.35. The molecule has 30 heavy (non-hydrogen) atoms. The molecule has 2 aromatic carbocycles. The molecule has 1 aliphatic heterocycles. The van der Waals surface area contributed by atoms with Crippen molar-refractivity contribution in [3.63, 3.8) is 0 Å². The van der Waals surface area contributed by atoms with E-state index in [-0.39, 0.29) is 34.9 Å². The Morgan fingerprint density at radius 1 is 1.03 bits per heavy atom. The van der Waals surface area contributed by atoms with Crippen molar-refractivity contribution < 1.29 is 29.0 Å². The van der Waals surface area contributed by atoms with Crippen LogP contribution in [0.4, 0.5) is 5.69 Å². The standard InChI is InChI=1S/C23H21NO6/c1-12(25)29-14-9-10-18(20(11-14)30-13(2)26)21-16-6-3-5-15(16)17-7-4-8-19(23(27)28)22(17)24-21/h3-5,7-11,15-16,21,24H,6H2,1-2H3,(H,27,28)/t15-,16+,21-/m1/s1. The summed E-state index contributed by atoms with van der Waals surface area (Å²) < 4.78 is 10.6. The highest BCUT2D eigenvalue weighted by Crippen LogP contribution is 2.52. The number of carboxylic acids is 1. The van der Waals surface area contributed by atoms with Gasteiger partial charge in [0.05, 0.1) is 17.3 Å². The molecule has 0 unspecified atom stereocenters. The maximum absolute atomic E-state index is 11.8. The number of ether oxygens (including phenoxy) is 2. The van der Waals surface area contributed by atoms with E-state index in [4.69, 9.17) is 9.47 Å². The van der Waals surface area contributed by atoms with Crippen LogP contribution in [0.5, 0.6) is 11.5 Å². The van der Waals surface area contributed by atoms with Crippen molar-refractivity contribution in [3.05, 3.63) is 65.2 Å². The Hall–Kier alpha value is -3.61. The average Bonchev–Trinajstić information content (AvgIpc) is 3.16. The summed E-state index contributed by atoms with van der Waals surface area (Å²) in [4.78, 5) is 34.8. The summed E-state index contributed by atoms with van der Waals surface area (Å²) in [5.74, 6) is -1.28. The third-order valence-corrected chi connectivity index (χ3v) is 5.46. The van der Waals surface area contributed by atoms with Gasteiger partial charge in [0.2, 0.25) is 0 Å². The van der Waals surface area contributed by atoms with Gasteiger partial charge in [0, 0.05) is 31.4 Å². The van der Waals surface area contributed by atoms with Gasteiger partial charge in [-0.3, -0.25) is 9.59 Å². The molecule has 1 aliphatic carbocycles.